The zero-order valence-corrected chi connectivity index (χ0v) is 11.7. The van der Waals surface area contributed by atoms with Gasteiger partial charge < -0.3 is 10.6 Å². The highest BCUT2D eigenvalue weighted by Crippen LogP contribution is 2.09. The van der Waals surface area contributed by atoms with Gasteiger partial charge in [0.15, 0.2) is 5.11 Å². The average molecular weight is 250 g/mol. The van der Waals surface area contributed by atoms with Gasteiger partial charge in [-0.25, -0.2) is 0 Å². The Kier molecular flexibility index (Phi) is 5.98. The van der Waals surface area contributed by atoms with E-state index < -0.39 is 0 Å². The minimum Gasteiger partial charge on any atom is -0.360 e. The number of aryl methyl sites for hydroxylation is 1. The normalized spacial score (nSPS) is 11.9. The third-order valence-corrected chi connectivity index (χ3v) is 2.94. The monoisotopic (exact) mass is 250 g/mol. The summed E-state index contributed by atoms with van der Waals surface area (Å²) in [5, 5.41) is 7.18. The number of rotatable bonds is 5. The first kappa shape index (κ1) is 14.0. The van der Waals surface area contributed by atoms with Crippen molar-refractivity contribution in [1.82, 2.24) is 5.32 Å². The van der Waals surface area contributed by atoms with Crippen LogP contribution in [0.4, 0.5) is 5.69 Å². The molecule has 1 rings (SSSR count). The van der Waals surface area contributed by atoms with Crippen LogP contribution in [0.3, 0.4) is 0 Å². The minimum absolute atomic E-state index is 0.426. The average Bonchev–Trinajstić information content (AvgIpc) is 2.30. The van der Waals surface area contributed by atoms with Gasteiger partial charge in [0.2, 0.25) is 0 Å². The summed E-state index contributed by atoms with van der Waals surface area (Å²) in [5.74, 6) is 0. The molecule has 0 aromatic heterocycles. The molecule has 0 saturated heterocycles. The lowest BCUT2D eigenvalue weighted by Gasteiger charge is -2.16. The Morgan fingerprint density at radius 1 is 1.24 bits per heavy atom. The maximum atomic E-state index is 5.27. The number of hydrogen-bond donors (Lipinski definition) is 2. The van der Waals surface area contributed by atoms with E-state index in [1.54, 1.807) is 0 Å². The molecule has 3 heteroatoms. The molecule has 1 aromatic carbocycles. The standard InChI is InChI=1S/C14H22N2S/c1-4-6-11(3)15-14(17)16-13-9-7-12(5-2)8-10-13/h7-11H,4-6H2,1-3H3,(H2,15,16,17). The Labute approximate surface area is 110 Å². The first-order chi connectivity index (χ1) is 8.15. The van der Waals surface area contributed by atoms with Crippen molar-refractivity contribution in [1.29, 1.82) is 0 Å². The molecule has 0 bridgehead atoms. The fourth-order valence-corrected chi connectivity index (χ4v) is 2.04. The summed E-state index contributed by atoms with van der Waals surface area (Å²) in [6.07, 6.45) is 3.37. The maximum absolute atomic E-state index is 5.27. The number of nitrogens with one attached hydrogen (secondary N) is 2. The topological polar surface area (TPSA) is 24.1 Å². The molecule has 0 radical (unpaired) electrons. The van der Waals surface area contributed by atoms with E-state index in [0.29, 0.717) is 11.2 Å². The van der Waals surface area contributed by atoms with Crippen LogP contribution in [0.1, 0.15) is 39.2 Å². The second kappa shape index (κ2) is 7.28. The first-order valence-electron chi connectivity index (χ1n) is 6.32. The van der Waals surface area contributed by atoms with Gasteiger partial charge in [-0.2, -0.15) is 0 Å². The summed E-state index contributed by atoms with van der Waals surface area (Å²) in [6.45, 7) is 6.48. The maximum Gasteiger partial charge on any atom is 0.170 e. The van der Waals surface area contributed by atoms with Crippen molar-refractivity contribution in [3.8, 4) is 0 Å². The second-order valence-electron chi connectivity index (χ2n) is 4.34. The molecule has 1 unspecified atom stereocenters. The van der Waals surface area contributed by atoms with Crippen LogP contribution in [0.5, 0.6) is 0 Å². The molecular weight excluding hydrogens is 228 g/mol. The van der Waals surface area contributed by atoms with Crippen LogP contribution in [0.15, 0.2) is 24.3 Å². The summed E-state index contributed by atoms with van der Waals surface area (Å²) >= 11 is 5.27. The van der Waals surface area contributed by atoms with Crippen LogP contribution in [0, 0.1) is 0 Å². The van der Waals surface area contributed by atoms with E-state index >= 15 is 0 Å². The molecule has 1 aromatic rings. The molecule has 17 heavy (non-hydrogen) atoms. The minimum atomic E-state index is 0.426. The van der Waals surface area contributed by atoms with Crippen molar-refractivity contribution in [2.45, 2.75) is 46.1 Å². The summed E-state index contributed by atoms with van der Waals surface area (Å²) in [7, 11) is 0. The summed E-state index contributed by atoms with van der Waals surface area (Å²) in [6, 6.07) is 8.81. The van der Waals surface area contributed by atoms with Crippen molar-refractivity contribution >= 4 is 23.0 Å². The van der Waals surface area contributed by atoms with Gasteiger partial charge in [-0.05, 0) is 49.7 Å². The van der Waals surface area contributed by atoms with Gasteiger partial charge in [-0.1, -0.05) is 32.4 Å². The van der Waals surface area contributed by atoms with Gasteiger partial charge in [0, 0.05) is 11.7 Å². The summed E-state index contributed by atoms with van der Waals surface area (Å²) in [5.41, 5.74) is 2.39. The lowest BCUT2D eigenvalue weighted by molar-refractivity contribution is 0.599. The first-order valence-corrected chi connectivity index (χ1v) is 6.73. The molecule has 0 aliphatic carbocycles. The van der Waals surface area contributed by atoms with Gasteiger partial charge >= 0.3 is 0 Å². The number of hydrogen-bond acceptors (Lipinski definition) is 1. The van der Waals surface area contributed by atoms with E-state index in [-0.39, 0.29) is 0 Å². The van der Waals surface area contributed by atoms with Crippen molar-refractivity contribution < 1.29 is 0 Å². The van der Waals surface area contributed by atoms with E-state index in [9.17, 15) is 0 Å². The Morgan fingerprint density at radius 2 is 1.88 bits per heavy atom. The van der Waals surface area contributed by atoms with Crippen LogP contribution in [0.25, 0.3) is 0 Å². The summed E-state index contributed by atoms with van der Waals surface area (Å²) < 4.78 is 0. The molecule has 0 spiro atoms. The fourth-order valence-electron chi connectivity index (χ4n) is 1.72. The predicted octanol–water partition coefficient (Wildman–Crippen LogP) is 3.72. The molecule has 94 valence electrons. The number of anilines is 1. The molecule has 0 amide bonds. The van der Waals surface area contributed by atoms with Crippen molar-refractivity contribution in [2.75, 3.05) is 5.32 Å². The quantitative estimate of drug-likeness (QED) is 0.779. The fraction of sp³-hybridized carbons (Fsp3) is 0.500. The largest absolute Gasteiger partial charge is 0.360 e. The van der Waals surface area contributed by atoms with Crippen molar-refractivity contribution in [3.05, 3.63) is 29.8 Å². The highest BCUT2D eigenvalue weighted by molar-refractivity contribution is 7.80. The van der Waals surface area contributed by atoms with E-state index in [1.165, 1.54) is 12.0 Å². The SMILES string of the molecule is CCCC(C)NC(=S)Nc1ccc(CC)cc1. The molecule has 0 fully saturated rings. The Morgan fingerprint density at radius 3 is 2.41 bits per heavy atom. The lowest BCUT2D eigenvalue weighted by Crippen LogP contribution is -2.35. The molecule has 0 heterocycles. The smallest absolute Gasteiger partial charge is 0.170 e. The molecule has 0 saturated carbocycles. The van der Waals surface area contributed by atoms with Gasteiger partial charge in [0.1, 0.15) is 0 Å². The molecule has 0 aliphatic heterocycles. The van der Waals surface area contributed by atoms with Crippen LogP contribution in [-0.4, -0.2) is 11.2 Å². The van der Waals surface area contributed by atoms with Gasteiger partial charge in [-0.15, -0.1) is 0 Å². The van der Waals surface area contributed by atoms with Crippen LogP contribution in [-0.2, 0) is 6.42 Å². The molecule has 0 aliphatic rings. The van der Waals surface area contributed by atoms with Crippen LogP contribution in [0.2, 0.25) is 0 Å². The third kappa shape index (κ3) is 5.18. The zero-order chi connectivity index (χ0) is 12.7. The molecule has 1 atom stereocenters. The highest BCUT2D eigenvalue weighted by Gasteiger charge is 2.02. The zero-order valence-electron chi connectivity index (χ0n) is 10.9. The lowest BCUT2D eigenvalue weighted by atomic mass is 10.1. The van der Waals surface area contributed by atoms with Crippen LogP contribution < -0.4 is 10.6 Å². The molecule has 2 nitrogen and oxygen atoms in total. The number of benzene rings is 1. The van der Waals surface area contributed by atoms with Gasteiger partial charge in [0.05, 0.1) is 0 Å². The molecule has 2 N–H and O–H groups in total. The summed E-state index contributed by atoms with van der Waals surface area (Å²) in [4.78, 5) is 0. The van der Waals surface area contributed by atoms with E-state index in [4.69, 9.17) is 12.2 Å². The number of thiocarbonyl (C=S) groups is 1. The van der Waals surface area contributed by atoms with Crippen molar-refractivity contribution in [2.24, 2.45) is 0 Å². The highest BCUT2D eigenvalue weighted by atomic mass is 32.1. The Hall–Kier alpha value is -1.09. The van der Waals surface area contributed by atoms with E-state index in [2.05, 4.69) is 55.7 Å². The predicted molar refractivity (Wildman–Crippen MR) is 79.5 cm³/mol. The second-order valence-corrected chi connectivity index (χ2v) is 4.75. The van der Waals surface area contributed by atoms with Crippen LogP contribution >= 0.6 is 12.2 Å². The Bertz CT molecular complexity index is 346. The van der Waals surface area contributed by atoms with E-state index in [0.717, 1.165) is 18.5 Å². The molecular formula is C14H22N2S. The van der Waals surface area contributed by atoms with Crippen molar-refractivity contribution in [3.63, 3.8) is 0 Å². The van der Waals surface area contributed by atoms with Gasteiger partial charge in [-0.3, -0.25) is 0 Å². The third-order valence-electron chi connectivity index (χ3n) is 2.72. The van der Waals surface area contributed by atoms with E-state index in [1.807, 2.05) is 0 Å². The van der Waals surface area contributed by atoms with Gasteiger partial charge in [0.25, 0.3) is 0 Å². The Balaban J connectivity index is 2.44.